The lowest BCUT2D eigenvalue weighted by atomic mass is 9.87. The molecule has 0 fully saturated rings. The first-order valence-electron chi connectivity index (χ1n) is 10.1. The lowest BCUT2D eigenvalue weighted by molar-refractivity contribution is -0.147. The van der Waals surface area contributed by atoms with Gasteiger partial charge in [0.05, 0.1) is 0 Å². The fourth-order valence-corrected chi connectivity index (χ4v) is 4.82. The summed E-state index contributed by atoms with van der Waals surface area (Å²) in [7, 11) is -6.15. The van der Waals surface area contributed by atoms with Gasteiger partial charge < -0.3 is 19.2 Å². The predicted octanol–water partition coefficient (Wildman–Crippen LogP) is 3.30. The molecule has 0 bridgehead atoms. The topological polar surface area (TPSA) is 121 Å². The van der Waals surface area contributed by atoms with E-state index in [1.165, 1.54) is 13.8 Å². The van der Waals surface area contributed by atoms with E-state index in [9.17, 15) is 41.4 Å². The van der Waals surface area contributed by atoms with Crippen molar-refractivity contribution in [3.63, 3.8) is 0 Å². The Balaban J connectivity index is 2.22. The molecule has 0 saturated carbocycles. The molecule has 3 rings (SSSR count). The van der Waals surface area contributed by atoms with Crippen LogP contribution in [-0.4, -0.2) is 41.3 Å². The van der Waals surface area contributed by atoms with Crippen LogP contribution >= 0.6 is 0 Å². The SMILES string of the molecule is Cc1c2c(c(C)c(C(O)C(=O)O)c1OS(=O)(=O)C(F)(F)F)C(CC=O)N(Cc1ccccc1)C2. The van der Waals surface area contributed by atoms with Crippen molar-refractivity contribution in [3.05, 3.63) is 63.7 Å². The van der Waals surface area contributed by atoms with Crippen molar-refractivity contribution in [2.24, 2.45) is 0 Å². The van der Waals surface area contributed by atoms with Crippen molar-refractivity contribution in [2.75, 3.05) is 0 Å². The summed E-state index contributed by atoms with van der Waals surface area (Å²) in [4.78, 5) is 24.9. The third-order valence-electron chi connectivity index (χ3n) is 5.84. The normalized spacial score (nSPS) is 17.3. The second-order valence-electron chi connectivity index (χ2n) is 7.92. The third-order valence-corrected chi connectivity index (χ3v) is 6.79. The Morgan fingerprint density at radius 1 is 1.24 bits per heavy atom. The number of carbonyl (C=O) groups excluding carboxylic acids is 1. The van der Waals surface area contributed by atoms with Gasteiger partial charge in [-0.05, 0) is 41.7 Å². The predicted molar refractivity (Wildman–Crippen MR) is 113 cm³/mol. The molecule has 0 amide bonds. The Kier molecular flexibility index (Phi) is 7.06. The van der Waals surface area contributed by atoms with E-state index >= 15 is 0 Å². The fourth-order valence-electron chi connectivity index (χ4n) is 4.29. The van der Waals surface area contributed by atoms with Crippen LogP contribution in [0.2, 0.25) is 0 Å². The molecular weight excluding hydrogens is 479 g/mol. The van der Waals surface area contributed by atoms with Gasteiger partial charge >= 0.3 is 21.6 Å². The van der Waals surface area contributed by atoms with Crippen LogP contribution in [0.5, 0.6) is 5.75 Å². The van der Waals surface area contributed by atoms with Crippen LogP contribution in [-0.2, 0) is 32.8 Å². The van der Waals surface area contributed by atoms with Crippen LogP contribution in [0.15, 0.2) is 30.3 Å². The van der Waals surface area contributed by atoms with Gasteiger partial charge in [-0.15, -0.1) is 0 Å². The highest BCUT2D eigenvalue weighted by Gasteiger charge is 2.50. The molecule has 8 nitrogen and oxygen atoms in total. The highest BCUT2D eigenvalue weighted by Crippen LogP contribution is 2.47. The van der Waals surface area contributed by atoms with Gasteiger partial charge in [0.15, 0.2) is 11.9 Å². The van der Waals surface area contributed by atoms with Crippen LogP contribution in [0.4, 0.5) is 13.2 Å². The Labute approximate surface area is 193 Å². The summed E-state index contributed by atoms with van der Waals surface area (Å²) < 4.78 is 67.1. The molecule has 0 radical (unpaired) electrons. The maximum Gasteiger partial charge on any atom is 0.534 e. The van der Waals surface area contributed by atoms with Gasteiger partial charge in [-0.2, -0.15) is 21.6 Å². The van der Waals surface area contributed by atoms with Crippen LogP contribution in [0.25, 0.3) is 0 Å². The molecule has 2 aromatic rings. The van der Waals surface area contributed by atoms with E-state index in [0.29, 0.717) is 24.0 Å². The maximum absolute atomic E-state index is 13.0. The van der Waals surface area contributed by atoms with E-state index in [1.807, 2.05) is 35.2 Å². The molecule has 1 aliphatic heterocycles. The van der Waals surface area contributed by atoms with E-state index < -0.39 is 45.1 Å². The number of fused-ring (bicyclic) bond motifs is 1. The molecule has 34 heavy (non-hydrogen) atoms. The van der Waals surface area contributed by atoms with Crippen molar-refractivity contribution >= 4 is 22.4 Å². The third kappa shape index (κ3) is 4.65. The average Bonchev–Trinajstić information content (AvgIpc) is 3.10. The number of hydrogen-bond acceptors (Lipinski definition) is 7. The number of rotatable bonds is 8. The van der Waals surface area contributed by atoms with Crippen LogP contribution in [0.1, 0.15) is 51.9 Å². The minimum Gasteiger partial charge on any atom is -0.479 e. The summed E-state index contributed by atoms with van der Waals surface area (Å²) in [5.41, 5.74) is -4.63. The molecule has 12 heteroatoms. The smallest absolute Gasteiger partial charge is 0.479 e. The summed E-state index contributed by atoms with van der Waals surface area (Å²) >= 11 is 0. The number of aldehydes is 1. The standard InChI is InChI=1S/C22H22F3NO7S/c1-12-15-11-26(10-14-6-4-3-5-7-14)16(8-9-27)17(15)13(2)18(19(28)21(29)30)20(12)33-34(31,32)22(23,24)25/h3-7,9,16,19,28H,8,10-11H2,1-2H3,(H,29,30). The van der Waals surface area contributed by atoms with Crippen molar-refractivity contribution in [2.45, 2.75) is 51.0 Å². The minimum absolute atomic E-state index is 0.0101. The summed E-state index contributed by atoms with van der Waals surface area (Å²) in [6.07, 6.45) is -1.70. The lowest BCUT2D eigenvalue weighted by Gasteiger charge is -2.26. The first-order chi connectivity index (χ1) is 15.8. The van der Waals surface area contributed by atoms with Gasteiger partial charge in [-0.1, -0.05) is 30.3 Å². The highest BCUT2D eigenvalue weighted by molar-refractivity contribution is 7.88. The molecule has 2 atom stereocenters. The molecule has 2 aromatic carbocycles. The van der Waals surface area contributed by atoms with Crippen molar-refractivity contribution in [1.82, 2.24) is 4.90 Å². The molecule has 0 aromatic heterocycles. The van der Waals surface area contributed by atoms with Gasteiger partial charge in [-0.25, -0.2) is 4.79 Å². The summed E-state index contributed by atoms with van der Waals surface area (Å²) in [5.74, 6) is -2.68. The first-order valence-corrected chi connectivity index (χ1v) is 11.5. The fraction of sp³-hybridized carbons (Fsp3) is 0.364. The van der Waals surface area contributed by atoms with Gasteiger partial charge in [0.1, 0.15) is 6.29 Å². The number of carboxylic acids is 1. The first kappa shape index (κ1) is 25.7. The zero-order chi connectivity index (χ0) is 25.4. The van der Waals surface area contributed by atoms with Crippen LogP contribution < -0.4 is 4.18 Å². The van der Waals surface area contributed by atoms with Gasteiger partial charge in [-0.3, -0.25) is 4.90 Å². The Hall–Kier alpha value is -2.96. The number of hydrogen-bond donors (Lipinski definition) is 2. The number of aliphatic hydroxyl groups is 1. The molecule has 0 aliphatic carbocycles. The quantitative estimate of drug-likeness (QED) is 0.321. The summed E-state index contributed by atoms with van der Waals surface area (Å²) in [6, 6.07) is 8.59. The molecule has 2 unspecified atom stereocenters. The van der Waals surface area contributed by atoms with Gasteiger partial charge in [0.25, 0.3) is 0 Å². The van der Waals surface area contributed by atoms with E-state index in [1.54, 1.807) is 0 Å². The van der Waals surface area contributed by atoms with E-state index in [0.717, 1.165) is 5.56 Å². The molecule has 0 spiro atoms. The van der Waals surface area contributed by atoms with E-state index in [-0.39, 0.29) is 24.1 Å². The second-order valence-corrected chi connectivity index (χ2v) is 9.46. The highest BCUT2D eigenvalue weighted by atomic mass is 32.2. The average molecular weight is 501 g/mol. The van der Waals surface area contributed by atoms with Crippen molar-refractivity contribution in [1.29, 1.82) is 0 Å². The maximum atomic E-state index is 13.0. The van der Waals surface area contributed by atoms with Crippen LogP contribution in [0, 0.1) is 13.8 Å². The lowest BCUT2D eigenvalue weighted by Crippen LogP contribution is -2.29. The molecule has 1 aliphatic rings. The summed E-state index contributed by atoms with van der Waals surface area (Å²) in [5, 5.41) is 19.6. The van der Waals surface area contributed by atoms with Crippen LogP contribution in [0.3, 0.4) is 0 Å². The minimum atomic E-state index is -6.15. The zero-order valence-electron chi connectivity index (χ0n) is 18.2. The Morgan fingerprint density at radius 2 is 1.85 bits per heavy atom. The number of halogens is 3. The van der Waals surface area contributed by atoms with E-state index in [2.05, 4.69) is 4.18 Å². The van der Waals surface area contributed by atoms with Crippen molar-refractivity contribution < 1.29 is 45.6 Å². The summed E-state index contributed by atoms with van der Waals surface area (Å²) in [6.45, 7) is 3.15. The number of nitrogens with zero attached hydrogens (tertiary/aromatic N) is 1. The molecule has 1 heterocycles. The number of benzene rings is 2. The monoisotopic (exact) mass is 501 g/mol. The second kappa shape index (κ2) is 9.35. The van der Waals surface area contributed by atoms with Gasteiger partial charge in [0, 0.05) is 31.1 Å². The van der Waals surface area contributed by atoms with Crippen molar-refractivity contribution in [3.8, 4) is 5.75 Å². The number of alkyl halides is 3. The van der Waals surface area contributed by atoms with E-state index in [4.69, 9.17) is 0 Å². The molecular formula is C22H22F3NO7S. The number of aliphatic hydroxyl groups excluding tert-OH is 1. The Morgan fingerprint density at radius 3 is 2.38 bits per heavy atom. The number of carbonyl (C=O) groups is 2. The van der Waals surface area contributed by atoms with Gasteiger partial charge in [0.2, 0.25) is 0 Å². The Bertz CT molecular complexity index is 1210. The number of carboxylic acid groups (broad SMARTS) is 1. The molecule has 2 N–H and O–H groups in total. The number of aliphatic carboxylic acids is 1. The molecule has 0 saturated heterocycles. The molecule has 184 valence electrons. The zero-order valence-corrected chi connectivity index (χ0v) is 19.0. The largest absolute Gasteiger partial charge is 0.534 e.